The van der Waals surface area contributed by atoms with Gasteiger partial charge in [-0.1, -0.05) is 20.8 Å². The summed E-state index contributed by atoms with van der Waals surface area (Å²) in [5, 5.41) is 9.10. The van der Waals surface area contributed by atoms with Gasteiger partial charge < -0.3 is 5.11 Å². The van der Waals surface area contributed by atoms with Gasteiger partial charge in [0.2, 0.25) is 10.0 Å². The fourth-order valence-electron chi connectivity index (χ4n) is 2.46. The van der Waals surface area contributed by atoms with Crippen LogP contribution in [-0.4, -0.2) is 42.1 Å². The Morgan fingerprint density at radius 1 is 1.39 bits per heavy atom. The quantitative estimate of drug-likeness (QED) is 0.849. The van der Waals surface area contributed by atoms with Crippen LogP contribution in [0.1, 0.15) is 40.5 Å². The molecule has 1 heterocycles. The van der Waals surface area contributed by atoms with Crippen molar-refractivity contribution < 1.29 is 18.3 Å². The molecule has 0 aromatic heterocycles. The lowest BCUT2D eigenvalue weighted by Crippen LogP contribution is -2.50. The summed E-state index contributed by atoms with van der Waals surface area (Å²) >= 11 is 0. The van der Waals surface area contributed by atoms with Gasteiger partial charge in [0.05, 0.1) is 11.7 Å². The Morgan fingerprint density at radius 2 is 1.94 bits per heavy atom. The van der Waals surface area contributed by atoms with Gasteiger partial charge in [0.1, 0.15) is 0 Å². The third kappa shape index (κ3) is 3.68. The number of carboxylic acids is 1. The standard InChI is InChI=1S/C12H23NO4S/c1-9-10(11(14)15)6-5-7-13(9)18(16,17)8-12(2,3)4/h9-10H,5-8H2,1-4H3,(H,14,15)/t9-,10-/m1/s1. The van der Waals surface area contributed by atoms with Crippen LogP contribution in [0.2, 0.25) is 0 Å². The van der Waals surface area contributed by atoms with Crippen LogP contribution in [0, 0.1) is 11.3 Å². The molecular formula is C12H23NO4S. The van der Waals surface area contributed by atoms with Crippen molar-refractivity contribution in [3.8, 4) is 0 Å². The molecule has 0 amide bonds. The van der Waals surface area contributed by atoms with Gasteiger partial charge in [-0.3, -0.25) is 4.79 Å². The first-order chi connectivity index (χ1) is 8.04. The lowest BCUT2D eigenvalue weighted by Gasteiger charge is -2.37. The highest BCUT2D eigenvalue weighted by Gasteiger charge is 2.39. The van der Waals surface area contributed by atoms with E-state index in [1.165, 1.54) is 4.31 Å². The largest absolute Gasteiger partial charge is 0.481 e. The van der Waals surface area contributed by atoms with Gasteiger partial charge >= 0.3 is 5.97 Å². The van der Waals surface area contributed by atoms with Gasteiger partial charge in [-0.05, 0) is 25.2 Å². The molecule has 0 unspecified atom stereocenters. The Hall–Kier alpha value is -0.620. The smallest absolute Gasteiger partial charge is 0.308 e. The van der Waals surface area contributed by atoms with Crippen LogP contribution in [-0.2, 0) is 14.8 Å². The van der Waals surface area contributed by atoms with E-state index in [0.717, 1.165) is 0 Å². The van der Waals surface area contributed by atoms with Crippen LogP contribution in [0.25, 0.3) is 0 Å². The average Bonchev–Trinajstić information content (AvgIpc) is 2.13. The summed E-state index contributed by atoms with van der Waals surface area (Å²) in [7, 11) is -3.39. The van der Waals surface area contributed by atoms with Gasteiger partial charge in [-0.15, -0.1) is 0 Å². The highest BCUT2D eigenvalue weighted by molar-refractivity contribution is 7.89. The molecule has 0 spiro atoms. The summed E-state index contributed by atoms with van der Waals surface area (Å²) in [4.78, 5) is 11.1. The molecular weight excluding hydrogens is 254 g/mol. The van der Waals surface area contributed by atoms with Crippen molar-refractivity contribution in [3.05, 3.63) is 0 Å². The SMILES string of the molecule is C[C@@H]1[C@H](C(=O)O)CCCN1S(=O)(=O)CC(C)(C)C. The molecule has 2 atom stereocenters. The highest BCUT2D eigenvalue weighted by atomic mass is 32.2. The number of nitrogens with zero attached hydrogens (tertiary/aromatic N) is 1. The minimum absolute atomic E-state index is 0.0523. The van der Waals surface area contributed by atoms with Gasteiger partial charge in [0.25, 0.3) is 0 Å². The van der Waals surface area contributed by atoms with Crippen molar-refractivity contribution in [3.63, 3.8) is 0 Å². The molecule has 1 aliphatic rings. The lowest BCUT2D eigenvalue weighted by molar-refractivity contribution is -0.144. The number of hydrogen-bond acceptors (Lipinski definition) is 3. The van der Waals surface area contributed by atoms with E-state index in [0.29, 0.717) is 19.4 Å². The van der Waals surface area contributed by atoms with Gasteiger partial charge in [-0.2, -0.15) is 4.31 Å². The van der Waals surface area contributed by atoms with Crippen LogP contribution in [0.15, 0.2) is 0 Å². The fraction of sp³-hybridized carbons (Fsp3) is 0.917. The molecule has 0 radical (unpaired) electrons. The molecule has 0 bridgehead atoms. The number of carboxylic acid groups (broad SMARTS) is 1. The van der Waals surface area contributed by atoms with Crippen LogP contribution in [0.5, 0.6) is 0 Å². The number of hydrogen-bond donors (Lipinski definition) is 1. The van der Waals surface area contributed by atoms with E-state index in [4.69, 9.17) is 5.11 Å². The maximum absolute atomic E-state index is 12.3. The predicted octanol–water partition coefficient (Wildman–Crippen LogP) is 1.55. The molecule has 0 saturated carbocycles. The lowest BCUT2D eigenvalue weighted by atomic mass is 9.92. The summed E-state index contributed by atoms with van der Waals surface area (Å²) in [6.07, 6.45) is 1.17. The van der Waals surface area contributed by atoms with E-state index in [2.05, 4.69) is 0 Å². The second-order valence-corrected chi connectivity index (χ2v) is 8.18. The monoisotopic (exact) mass is 277 g/mol. The van der Waals surface area contributed by atoms with Crippen molar-refractivity contribution in [2.75, 3.05) is 12.3 Å². The number of carbonyl (C=O) groups is 1. The Balaban J connectivity index is 2.91. The van der Waals surface area contributed by atoms with Crippen molar-refractivity contribution in [1.82, 2.24) is 4.31 Å². The third-order valence-electron chi connectivity index (χ3n) is 3.22. The van der Waals surface area contributed by atoms with E-state index >= 15 is 0 Å². The molecule has 106 valence electrons. The van der Waals surface area contributed by atoms with Crippen LogP contribution >= 0.6 is 0 Å². The van der Waals surface area contributed by atoms with E-state index in [1.54, 1.807) is 6.92 Å². The second kappa shape index (κ2) is 5.17. The minimum Gasteiger partial charge on any atom is -0.481 e. The normalized spacial score (nSPS) is 27.1. The third-order valence-corrected chi connectivity index (χ3v) is 5.68. The maximum Gasteiger partial charge on any atom is 0.308 e. The zero-order valence-electron chi connectivity index (χ0n) is 11.5. The summed E-state index contributed by atoms with van der Waals surface area (Å²) in [5.74, 6) is -1.44. The maximum atomic E-state index is 12.3. The molecule has 0 aromatic rings. The van der Waals surface area contributed by atoms with E-state index in [9.17, 15) is 13.2 Å². The molecule has 6 heteroatoms. The average molecular weight is 277 g/mol. The minimum atomic E-state index is -3.39. The van der Waals surface area contributed by atoms with Gasteiger partial charge in [0.15, 0.2) is 0 Å². The zero-order chi connectivity index (χ0) is 14.1. The fourth-order valence-corrected chi connectivity index (χ4v) is 4.79. The van der Waals surface area contributed by atoms with E-state index in [-0.39, 0.29) is 11.2 Å². The van der Waals surface area contributed by atoms with Crippen LogP contribution in [0.3, 0.4) is 0 Å². The number of aliphatic carboxylic acids is 1. The molecule has 0 aliphatic carbocycles. The molecule has 1 N–H and O–H groups in total. The van der Waals surface area contributed by atoms with Gasteiger partial charge in [0, 0.05) is 12.6 Å². The first-order valence-electron chi connectivity index (χ1n) is 6.27. The van der Waals surface area contributed by atoms with Crippen molar-refractivity contribution >= 4 is 16.0 Å². The Bertz CT molecular complexity index is 410. The topological polar surface area (TPSA) is 74.7 Å². The number of rotatable bonds is 3. The summed E-state index contributed by atoms with van der Waals surface area (Å²) < 4.78 is 26.0. The first-order valence-corrected chi connectivity index (χ1v) is 7.88. The predicted molar refractivity (Wildman–Crippen MR) is 69.8 cm³/mol. The van der Waals surface area contributed by atoms with E-state index in [1.807, 2.05) is 20.8 Å². The molecule has 5 nitrogen and oxygen atoms in total. The van der Waals surface area contributed by atoms with Crippen molar-refractivity contribution in [2.45, 2.75) is 46.6 Å². The van der Waals surface area contributed by atoms with Crippen molar-refractivity contribution in [2.24, 2.45) is 11.3 Å². The molecule has 1 rings (SSSR count). The zero-order valence-corrected chi connectivity index (χ0v) is 12.3. The molecule has 0 aromatic carbocycles. The van der Waals surface area contributed by atoms with E-state index < -0.39 is 28.0 Å². The molecule has 1 saturated heterocycles. The summed E-state index contributed by atoms with van der Waals surface area (Å²) in [5.41, 5.74) is -0.325. The Kier molecular flexibility index (Phi) is 4.43. The number of sulfonamides is 1. The Morgan fingerprint density at radius 3 is 2.39 bits per heavy atom. The highest BCUT2D eigenvalue weighted by Crippen LogP contribution is 2.28. The van der Waals surface area contributed by atoms with Crippen molar-refractivity contribution in [1.29, 1.82) is 0 Å². The molecule has 1 aliphatic heterocycles. The van der Waals surface area contributed by atoms with Crippen LogP contribution in [0.4, 0.5) is 0 Å². The first kappa shape index (κ1) is 15.4. The van der Waals surface area contributed by atoms with Gasteiger partial charge in [-0.25, -0.2) is 8.42 Å². The van der Waals surface area contributed by atoms with Crippen LogP contribution < -0.4 is 0 Å². The number of piperidine rings is 1. The Labute approximate surface area is 109 Å². The second-order valence-electron chi connectivity index (χ2n) is 6.26. The molecule has 1 fully saturated rings. The summed E-state index contributed by atoms with van der Waals surface area (Å²) in [6.45, 7) is 7.73. The summed E-state index contributed by atoms with van der Waals surface area (Å²) in [6, 6.07) is -0.455. The molecule has 18 heavy (non-hydrogen) atoms.